The predicted molar refractivity (Wildman–Crippen MR) is 60.5 cm³/mol. The zero-order valence-electron chi connectivity index (χ0n) is 8.23. The summed E-state index contributed by atoms with van der Waals surface area (Å²) in [6.07, 6.45) is 11.6. The minimum Gasteiger partial charge on any atom is -0.384 e. The third-order valence-corrected chi connectivity index (χ3v) is 3.00. The summed E-state index contributed by atoms with van der Waals surface area (Å²) in [6, 6.07) is 0. The first-order valence-corrected chi connectivity index (χ1v) is 5.34. The molecular weight excluding hydrogens is 212 g/mol. The second kappa shape index (κ2) is 3.97. The van der Waals surface area contributed by atoms with Crippen molar-refractivity contribution < 1.29 is 10.2 Å². The van der Waals surface area contributed by atoms with Crippen LogP contribution in [0.5, 0.6) is 0 Å². The number of allylic oxidation sites excluding steroid dienone is 5. The molecule has 3 heteroatoms. The van der Waals surface area contributed by atoms with E-state index in [1.807, 2.05) is 12.2 Å². The Balaban J connectivity index is 2.30. The van der Waals surface area contributed by atoms with Gasteiger partial charge in [-0.15, -0.1) is 0 Å². The fraction of sp³-hybridized carbons (Fsp3) is 0.333. The molecule has 0 saturated carbocycles. The zero-order valence-corrected chi connectivity index (χ0v) is 8.98. The summed E-state index contributed by atoms with van der Waals surface area (Å²) >= 11 is 5.77. The van der Waals surface area contributed by atoms with Crippen molar-refractivity contribution in [3.05, 3.63) is 47.6 Å². The van der Waals surface area contributed by atoms with Crippen LogP contribution in [0.4, 0.5) is 0 Å². The highest BCUT2D eigenvalue weighted by molar-refractivity contribution is 6.24. The maximum absolute atomic E-state index is 9.88. The van der Waals surface area contributed by atoms with Crippen molar-refractivity contribution in [1.82, 2.24) is 0 Å². The molecule has 0 aromatic rings. The molecule has 0 aromatic carbocycles. The second-order valence-electron chi connectivity index (χ2n) is 3.77. The molecule has 2 aliphatic rings. The molecule has 0 spiro atoms. The SMILES string of the molecule is OC1C(C2=CC=CCC2)=CC=CC1(O)Cl. The molecule has 0 fully saturated rings. The van der Waals surface area contributed by atoms with Gasteiger partial charge in [0.15, 0.2) is 5.06 Å². The van der Waals surface area contributed by atoms with E-state index in [2.05, 4.69) is 6.08 Å². The van der Waals surface area contributed by atoms with E-state index in [1.54, 1.807) is 12.2 Å². The van der Waals surface area contributed by atoms with E-state index in [0.29, 0.717) is 5.57 Å². The zero-order chi connectivity index (χ0) is 10.9. The van der Waals surface area contributed by atoms with Crippen molar-refractivity contribution >= 4 is 11.6 Å². The van der Waals surface area contributed by atoms with Gasteiger partial charge in [0.25, 0.3) is 0 Å². The highest BCUT2D eigenvalue weighted by atomic mass is 35.5. The van der Waals surface area contributed by atoms with Crippen molar-refractivity contribution in [3.8, 4) is 0 Å². The lowest BCUT2D eigenvalue weighted by Crippen LogP contribution is -2.38. The Kier molecular flexibility index (Phi) is 2.83. The Bertz CT molecular complexity index is 375. The van der Waals surface area contributed by atoms with Crippen LogP contribution in [0.25, 0.3) is 0 Å². The molecule has 0 radical (unpaired) electrons. The van der Waals surface area contributed by atoms with Crippen LogP contribution in [-0.2, 0) is 0 Å². The standard InChI is InChI=1S/C12H13ClO2/c13-12(15)8-4-7-10(11(12)14)9-5-2-1-3-6-9/h1-2,4-5,7-8,11,14-15H,3,6H2. The van der Waals surface area contributed by atoms with Gasteiger partial charge in [-0.2, -0.15) is 0 Å². The maximum Gasteiger partial charge on any atom is 0.188 e. The highest BCUT2D eigenvalue weighted by Gasteiger charge is 2.35. The van der Waals surface area contributed by atoms with E-state index in [4.69, 9.17) is 11.6 Å². The van der Waals surface area contributed by atoms with Gasteiger partial charge in [-0.05, 0) is 30.1 Å². The Morgan fingerprint density at radius 1 is 1.33 bits per heavy atom. The van der Waals surface area contributed by atoms with E-state index < -0.39 is 11.2 Å². The number of alkyl halides is 1. The van der Waals surface area contributed by atoms with Gasteiger partial charge >= 0.3 is 0 Å². The van der Waals surface area contributed by atoms with Gasteiger partial charge in [0.2, 0.25) is 0 Å². The fourth-order valence-electron chi connectivity index (χ4n) is 1.81. The molecule has 0 saturated heterocycles. The molecular formula is C12H13ClO2. The molecule has 2 N–H and O–H groups in total. The molecule has 0 bridgehead atoms. The minimum absolute atomic E-state index is 0.708. The van der Waals surface area contributed by atoms with Crippen molar-refractivity contribution in [3.63, 3.8) is 0 Å². The summed E-state index contributed by atoms with van der Waals surface area (Å²) in [7, 11) is 0. The third kappa shape index (κ3) is 2.07. The molecule has 0 aromatic heterocycles. The first-order valence-electron chi connectivity index (χ1n) is 4.96. The van der Waals surface area contributed by atoms with E-state index >= 15 is 0 Å². The molecule has 2 atom stereocenters. The highest BCUT2D eigenvalue weighted by Crippen LogP contribution is 2.33. The van der Waals surface area contributed by atoms with Crippen molar-refractivity contribution in [2.45, 2.75) is 24.0 Å². The van der Waals surface area contributed by atoms with Crippen LogP contribution in [0, 0.1) is 0 Å². The van der Waals surface area contributed by atoms with Crippen LogP contribution >= 0.6 is 11.6 Å². The second-order valence-corrected chi connectivity index (χ2v) is 4.38. The van der Waals surface area contributed by atoms with Gasteiger partial charge in [0.1, 0.15) is 6.10 Å². The molecule has 15 heavy (non-hydrogen) atoms. The molecule has 0 amide bonds. The normalized spacial score (nSPS) is 35.0. The summed E-state index contributed by atoms with van der Waals surface area (Å²) in [4.78, 5) is 0. The molecule has 2 aliphatic carbocycles. The predicted octanol–water partition coefficient (Wildman–Crippen LogP) is 2.05. The average Bonchev–Trinajstić information content (AvgIpc) is 2.23. The van der Waals surface area contributed by atoms with Crippen molar-refractivity contribution in [1.29, 1.82) is 0 Å². The first-order chi connectivity index (χ1) is 7.11. The van der Waals surface area contributed by atoms with Gasteiger partial charge in [-0.25, -0.2) is 0 Å². The molecule has 2 unspecified atom stereocenters. The molecule has 0 heterocycles. The molecule has 2 rings (SSSR count). The Morgan fingerprint density at radius 2 is 2.13 bits per heavy atom. The number of hydrogen-bond acceptors (Lipinski definition) is 2. The van der Waals surface area contributed by atoms with Gasteiger partial charge in [0.05, 0.1) is 0 Å². The Morgan fingerprint density at radius 3 is 2.80 bits per heavy atom. The number of aliphatic hydroxyl groups excluding tert-OH is 1. The van der Waals surface area contributed by atoms with Crippen LogP contribution in [0.1, 0.15) is 12.8 Å². The topological polar surface area (TPSA) is 40.5 Å². The van der Waals surface area contributed by atoms with Crippen molar-refractivity contribution in [2.75, 3.05) is 0 Å². The van der Waals surface area contributed by atoms with Crippen LogP contribution in [-0.4, -0.2) is 21.4 Å². The van der Waals surface area contributed by atoms with Gasteiger partial charge in [0, 0.05) is 0 Å². The summed E-state index contributed by atoms with van der Waals surface area (Å²) < 4.78 is 0. The Hall–Kier alpha value is -0.830. The van der Waals surface area contributed by atoms with Gasteiger partial charge in [-0.3, -0.25) is 0 Å². The van der Waals surface area contributed by atoms with E-state index in [-0.39, 0.29) is 0 Å². The average molecular weight is 225 g/mol. The van der Waals surface area contributed by atoms with Crippen LogP contribution in [0.3, 0.4) is 0 Å². The van der Waals surface area contributed by atoms with E-state index in [9.17, 15) is 10.2 Å². The number of rotatable bonds is 1. The monoisotopic (exact) mass is 224 g/mol. The maximum atomic E-state index is 9.88. The summed E-state index contributed by atoms with van der Waals surface area (Å²) in [5, 5.41) is 17.9. The van der Waals surface area contributed by atoms with Gasteiger partial charge in [-0.1, -0.05) is 42.0 Å². The number of halogens is 1. The summed E-state index contributed by atoms with van der Waals surface area (Å²) in [6.45, 7) is 0. The first kappa shape index (κ1) is 10.7. The molecule has 80 valence electrons. The summed E-state index contributed by atoms with van der Waals surface area (Å²) in [5.74, 6) is 0. The number of hydrogen-bond donors (Lipinski definition) is 2. The Labute approximate surface area is 93.9 Å². The minimum atomic E-state index is -1.67. The van der Waals surface area contributed by atoms with Crippen LogP contribution in [0.2, 0.25) is 0 Å². The molecule has 2 nitrogen and oxygen atoms in total. The van der Waals surface area contributed by atoms with Crippen molar-refractivity contribution in [2.24, 2.45) is 0 Å². The van der Waals surface area contributed by atoms with E-state index in [0.717, 1.165) is 18.4 Å². The lowest BCUT2D eigenvalue weighted by molar-refractivity contribution is 0.0415. The smallest absolute Gasteiger partial charge is 0.188 e. The number of aliphatic hydroxyl groups is 2. The van der Waals surface area contributed by atoms with Gasteiger partial charge < -0.3 is 10.2 Å². The summed E-state index contributed by atoms with van der Waals surface area (Å²) in [5.41, 5.74) is 1.74. The lowest BCUT2D eigenvalue weighted by atomic mass is 9.88. The quantitative estimate of drug-likeness (QED) is 0.670. The molecule has 0 aliphatic heterocycles. The lowest BCUT2D eigenvalue weighted by Gasteiger charge is -2.29. The largest absolute Gasteiger partial charge is 0.384 e. The van der Waals surface area contributed by atoms with Crippen LogP contribution in [0.15, 0.2) is 47.6 Å². The van der Waals surface area contributed by atoms with E-state index in [1.165, 1.54) is 6.08 Å². The van der Waals surface area contributed by atoms with Crippen LogP contribution < -0.4 is 0 Å². The third-order valence-electron chi connectivity index (χ3n) is 2.67. The fourth-order valence-corrected chi connectivity index (χ4v) is 2.00.